The van der Waals surface area contributed by atoms with Crippen molar-refractivity contribution < 1.29 is 37.1 Å². The first-order valence-electron chi connectivity index (χ1n) is 9.76. The second-order valence-electron chi connectivity index (χ2n) is 7.91. The quantitative estimate of drug-likeness (QED) is 0.286. The van der Waals surface area contributed by atoms with E-state index in [1.54, 1.807) is 13.0 Å². The Morgan fingerprint density at radius 3 is 2.67 bits per heavy atom. The van der Waals surface area contributed by atoms with Crippen molar-refractivity contribution in [3.63, 3.8) is 0 Å². The third kappa shape index (κ3) is 4.22. The lowest BCUT2D eigenvalue weighted by Gasteiger charge is -2.32. The maximum absolute atomic E-state index is 14.0. The first-order chi connectivity index (χ1) is 14.0. The minimum Gasteiger partial charge on any atom is -0.496 e. The molecule has 1 aliphatic heterocycles. The van der Waals surface area contributed by atoms with Crippen molar-refractivity contribution in [3.8, 4) is 5.75 Å². The molecule has 3 rings (SSSR count). The number of rotatable bonds is 7. The number of benzene rings is 1. The summed E-state index contributed by atoms with van der Waals surface area (Å²) in [6.45, 7) is 1.70. The van der Waals surface area contributed by atoms with Gasteiger partial charge in [-0.15, -0.1) is 0 Å². The summed E-state index contributed by atoms with van der Waals surface area (Å²) in [5, 5.41) is 10.9. The van der Waals surface area contributed by atoms with Crippen LogP contribution in [0, 0.1) is 5.82 Å². The Morgan fingerprint density at radius 2 is 2.00 bits per heavy atom. The number of ether oxygens (including phenoxy) is 1. The molecule has 1 heterocycles. The van der Waals surface area contributed by atoms with Gasteiger partial charge >= 0.3 is 12.1 Å². The monoisotopic (exact) mass is 429 g/mol. The molecule has 0 saturated carbocycles. The summed E-state index contributed by atoms with van der Waals surface area (Å²) >= 11 is 0. The summed E-state index contributed by atoms with van der Waals surface area (Å²) in [7, 11) is 1.45. The number of carbonyl (C=O) groups is 1. The van der Waals surface area contributed by atoms with Crippen LogP contribution < -0.4 is 10.2 Å². The van der Waals surface area contributed by atoms with Gasteiger partial charge in [-0.2, -0.15) is 23.8 Å². The zero-order valence-corrected chi connectivity index (χ0v) is 16.9. The molecule has 0 fully saturated rings. The number of allylic oxidation sites excluding steroid dienone is 2. The highest BCUT2D eigenvalue weighted by Gasteiger charge is 2.55. The van der Waals surface area contributed by atoms with Crippen LogP contribution in [-0.4, -0.2) is 35.7 Å². The van der Waals surface area contributed by atoms with Gasteiger partial charge in [0, 0.05) is 23.8 Å². The van der Waals surface area contributed by atoms with E-state index in [4.69, 9.17) is 4.74 Å². The number of hydrogen-bond donors (Lipinski definition) is 2. The van der Waals surface area contributed by atoms with Gasteiger partial charge in [-0.25, -0.2) is 9.18 Å². The van der Waals surface area contributed by atoms with Crippen LogP contribution in [0.5, 0.6) is 5.75 Å². The Hall–Kier alpha value is -2.39. The van der Waals surface area contributed by atoms with E-state index < -0.39 is 34.5 Å². The maximum Gasteiger partial charge on any atom is 0.401 e. The predicted molar refractivity (Wildman–Crippen MR) is 101 cm³/mol. The standard InChI is InChI=1S/C21H24F4N2O3/c1-20(15-13-14(22)8-9-17(15)30-2)10-6-7-16-18(20)19(28)27(29,26-16)12-5-3-4-11-21(23,24)25/h6-9,13,29H,3-5,10-12H2,1-2H3/p+1. The van der Waals surface area contributed by atoms with Crippen LogP contribution in [0.15, 0.2) is 41.6 Å². The Kier molecular flexibility index (Phi) is 5.97. The molecule has 0 spiro atoms. The predicted octanol–water partition coefficient (Wildman–Crippen LogP) is 4.68. The van der Waals surface area contributed by atoms with Gasteiger partial charge < -0.3 is 4.74 Å². The van der Waals surface area contributed by atoms with E-state index in [9.17, 15) is 27.6 Å². The lowest BCUT2D eigenvalue weighted by molar-refractivity contribution is -1.07. The first-order valence-corrected chi connectivity index (χ1v) is 9.76. The van der Waals surface area contributed by atoms with Crippen LogP contribution in [-0.2, 0) is 10.2 Å². The molecular formula is C21H25F4N2O3+. The van der Waals surface area contributed by atoms with Crippen LogP contribution in [0.1, 0.15) is 44.6 Å². The molecule has 1 aromatic carbocycles. The van der Waals surface area contributed by atoms with Crippen LogP contribution in [0.25, 0.3) is 0 Å². The Balaban J connectivity index is 1.81. The second kappa shape index (κ2) is 8.03. The number of amides is 1. The number of carbonyl (C=O) groups excluding carboxylic acids is 1. The molecular weight excluding hydrogens is 404 g/mol. The summed E-state index contributed by atoms with van der Waals surface area (Å²) in [6, 6.07) is 4.07. The van der Waals surface area contributed by atoms with Gasteiger partial charge in [0.25, 0.3) is 0 Å². The molecule has 0 radical (unpaired) electrons. The molecule has 1 aliphatic carbocycles. The maximum atomic E-state index is 14.0. The van der Waals surface area contributed by atoms with E-state index in [2.05, 4.69) is 5.43 Å². The largest absolute Gasteiger partial charge is 0.496 e. The van der Waals surface area contributed by atoms with Crippen LogP contribution >= 0.6 is 0 Å². The molecule has 5 nitrogen and oxygen atoms in total. The number of hydroxylamine groups is 2. The number of unbranched alkanes of at least 4 members (excludes halogenated alkanes) is 2. The van der Waals surface area contributed by atoms with Crippen LogP contribution in [0.2, 0.25) is 0 Å². The number of methoxy groups -OCH3 is 1. The van der Waals surface area contributed by atoms with E-state index in [1.807, 2.05) is 6.08 Å². The number of nitrogens with one attached hydrogen (secondary N) is 1. The summed E-state index contributed by atoms with van der Waals surface area (Å²) in [6.07, 6.45) is -0.823. The molecule has 1 aromatic rings. The van der Waals surface area contributed by atoms with Crippen molar-refractivity contribution in [2.24, 2.45) is 0 Å². The molecule has 1 amide bonds. The summed E-state index contributed by atoms with van der Waals surface area (Å²) in [4.78, 5) is 13.2. The van der Waals surface area contributed by atoms with Crippen LogP contribution in [0.4, 0.5) is 17.6 Å². The number of alkyl halides is 3. The lowest BCUT2D eigenvalue weighted by Crippen LogP contribution is -2.55. The van der Waals surface area contributed by atoms with Gasteiger partial charge in [-0.05, 0) is 48.3 Å². The topological polar surface area (TPSA) is 58.6 Å². The van der Waals surface area contributed by atoms with E-state index in [-0.39, 0.29) is 25.8 Å². The number of nitrogens with zero attached hydrogens (tertiary/aromatic N) is 1. The normalized spacial score (nSPS) is 26.0. The lowest BCUT2D eigenvalue weighted by atomic mass is 9.70. The molecule has 0 saturated heterocycles. The minimum atomic E-state index is -4.22. The number of halogens is 4. The fourth-order valence-electron chi connectivity index (χ4n) is 4.13. The highest BCUT2D eigenvalue weighted by Crippen LogP contribution is 2.47. The third-order valence-electron chi connectivity index (χ3n) is 5.68. The molecule has 0 aromatic heterocycles. The summed E-state index contributed by atoms with van der Waals surface area (Å²) in [5.41, 5.74) is 3.03. The molecule has 2 unspecified atom stereocenters. The molecule has 2 atom stereocenters. The van der Waals surface area contributed by atoms with E-state index in [1.165, 1.54) is 25.3 Å². The molecule has 0 bridgehead atoms. The highest BCUT2D eigenvalue weighted by molar-refractivity contribution is 5.94. The van der Waals surface area contributed by atoms with E-state index in [0.29, 0.717) is 29.0 Å². The fourth-order valence-corrected chi connectivity index (χ4v) is 4.13. The molecule has 164 valence electrons. The first kappa shape index (κ1) is 22.3. The van der Waals surface area contributed by atoms with E-state index in [0.717, 1.165) is 0 Å². The second-order valence-corrected chi connectivity index (χ2v) is 7.91. The highest BCUT2D eigenvalue weighted by atomic mass is 19.4. The minimum absolute atomic E-state index is 0.0665. The number of hydrogen-bond acceptors (Lipinski definition) is 4. The smallest absolute Gasteiger partial charge is 0.401 e. The Labute approximate surface area is 172 Å². The van der Waals surface area contributed by atoms with Gasteiger partial charge in [0.05, 0.1) is 7.11 Å². The summed E-state index contributed by atoms with van der Waals surface area (Å²) < 4.78 is 55.1. The van der Waals surface area contributed by atoms with Crippen molar-refractivity contribution in [1.29, 1.82) is 0 Å². The van der Waals surface area contributed by atoms with Crippen molar-refractivity contribution in [2.75, 3.05) is 13.7 Å². The third-order valence-corrected chi connectivity index (χ3v) is 5.68. The van der Waals surface area contributed by atoms with Gasteiger partial charge in [-0.1, -0.05) is 13.0 Å². The average molecular weight is 429 g/mol. The number of quaternary nitrogens is 1. The zero-order chi connectivity index (χ0) is 22.2. The summed E-state index contributed by atoms with van der Waals surface area (Å²) in [5.74, 6) is -0.653. The zero-order valence-electron chi connectivity index (χ0n) is 16.9. The Morgan fingerprint density at radius 1 is 1.27 bits per heavy atom. The molecule has 9 heteroatoms. The van der Waals surface area contributed by atoms with Crippen molar-refractivity contribution in [3.05, 3.63) is 53.0 Å². The van der Waals surface area contributed by atoms with Gasteiger partial charge in [0.2, 0.25) is 0 Å². The SMILES string of the molecule is COc1ccc(F)cc1C1(C)CC=CC2=C1C(=O)[N+](O)(CCCCCC(F)(F)F)N2. The molecule has 2 N–H and O–H groups in total. The van der Waals surface area contributed by atoms with Crippen LogP contribution in [0.3, 0.4) is 0 Å². The molecule has 2 aliphatic rings. The fraction of sp³-hybridized carbons (Fsp3) is 0.476. The van der Waals surface area contributed by atoms with Crippen molar-refractivity contribution >= 4 is 5.91 Å². The van der Waals surface area contributed by atoms with Gasteiger partial charge in [0.1, 0.15) is 29.4 Å². The van der Waals surface area contributed by atoms with Crippen molar-refractivity contribution in [1.82, 2.24) is 5.43 Å². The van der Waals surface area contributed by atoms with Crippen molar-refractivity contribution in [2.45, 2.75) is 50.6 Å². The molecule has 30 heavy (non-hydrogen) atoms. The van der Waals surface area contributed by atoms with E-state index >= 15 is 0 Å². The van der Waals surface area contributed by atoms with Gasteiger partial charge in [-0.3, -0.25) is 0 Å². The average Bonchev–Trinajstić information content (AvgIpc) is 2.92. The van der Waals surface area contributed by atoms with Gasteiger partial charge in [0.15, 0.2) is 0 Å². The Bertz CT molecular complexity index is 897.